The van der Waals surface area contributed by atoms with Crippen LogP contribution in [-0.2, 0) is 0 Å². The minimum atomic E-state index is 0.647. The van der Waals surface area contributed by atoms with Gasteiger partial charge in [0.25, 0.3) is 0 Å². The van der Waals surface area contributed by atoms with Crippen molar-refractivity contribution in [1.82, 2.24) is 0 Å². The Bertz CT molecular complexity index is 405. The van der Waals surface area contributed by atoms with E-state index in [1.807, 2.05) is 18.4 Å². The van der Waals surface area contributed by atoms with Crippen LogP contribution in [0.15, 0.2) is 58.4 Å². The first-order valence-corrected chi connectivity index (χ1v) is 7.66. The van der Waals surface area contributed by atoms with Crippen LogP contribution in [-0.4, -0.2) is 0 Å². The van der Waals surface area contributed by atoms with Crippen LogP contribution in [0.3, 0.4) is 0 Å². The molecule has 0 N–H and O–H groups in total. The van der Waals surface area contributed by atoms with Crippen molar-refractivity contribution >= 4 is 11.8 Å². The molecule has 0 saturated carbocycles. The first-order valence-electron chi connectivity index (χ1n) is 6.78. The molecule has 0 rings (SSSR count). The standard InChI is InChI=1S/C18H28S/c1-9-10-19-17(8)15(6)12-18(11-13(2)3)16(7)14(4)5/h9-10,13H,4,6,8,11-12H2,1-3,5,7H3/b10-9-,18-16+. The van der Waals surface area contributed by atoms with E-state index < -0.39 is 0 Å². The van der Waals surface area contributed by atoms with E-state index in [1.54, 1.807) is 11.8 Å². The van der Waals surface area contributed by atoms with Crippen molar-refractivity contribution in [2.75, 3.05) is 0 Å². The van der Waals surface area contributed by atoms with Gasteiger partial charge in [0.2, 0.25) is 0 Å². The molecule has 0 fully saturated rings. The lowest BCUT2D eigenvalue weighted by Crippen LogP contribution is -1.98. The SMILES string of the molecule is C=C(C/C(CC(C)C)=C(\C)C(=C)C)C(=C)S/C=C\C. The fourth-order valence-corrected chi connectivity index (χ4v) is 2.28. The molecule has 0 aliphatic heterocycles. The van der Waals surface area contributed by atoms with Gasteiger partial charge in [-0.3, -0.25) is 0 Å². The van der Waals surface area contributed by atoms with Crippen LogP contribution in [0.25, 0.3) is 0 Å². The van der Waals surface area contributed by atoms with Crippen LogP contribution in [0.1, 0.15) is 47.5 Å². The van der Waals surface area contributed by atoms with Crippen molar-refractivity contribution in [3.05, 3.63) is 58.4 Å². The second-order valence-electron chi connectivity index (χ2n) is 5.40. The zero-order valence-electron chi connectivity index (χ0n) is 13.2. The predicted molar refractivity (Wildman–Crippen MR) is 92.3 cm³/mol. The van der Waals surface area contributed by atoms with Gasteiger partial charge in [-0.2, -0.15) is 0 Å². The lowest BCUT2D eigenvalue weighted by Gasteiger charge is -2.17. The molecule has 1 heteroatoms. The van der Waals surface area contributed by atoms with E-state index in [9.17, 15) is 0 Å². The molecule has 0 bridgehead atoms. The highest BCUT2D eigenvalue weighted by Crippen LogP contribution is 2.31. The molecular weight excluding hydrogens is 248 g/mol. The Morgan fingerprint density at radius 1 is 1.16 bits per heavy atom. The summed E-state index contributed by atoms with van der Waals surface area (Å²) in [6, 6.07) is 0. The maximum Gasteiger partial charge on any atom is 0.00732 e. The van der Waals surface area contributed by atoms with Crippen molar-refractivity contribution in [2.24, 2.45) is 5.92 Å². The summed E-state index contributed by atoms with van der Waals surface area (Å²) in [6.07, 6.45) is 4.02. The summed E-state index contributed by atoms with van der Waals surface area (Å²) in [5.74, 6) is 0.647. The van der Waals surface area contributed by atoms with Gasteiger partial charge in [0.05, 0.1) is 0 Å². The Morgan fingerprint density at radius 3 is 2.16 bits per heavy atom. The third-order valence-corrected chi connectivity index (χ3v) is 3.97. The predicted octanol–water partition coefficient (Wildman–Crippen LogP) is 6.65. The highest BCUT2D eigenvalue weighted by atomic mass is 32.2. The summed E-state index contributed by atoms with van der Waals surface area (Å²) < 4.78 is 0. The van der Waals surface area contributed by atoms with Gasteiger partial charge in [0.15, 0.2) is 0 Å². The normalized spacial score (nSPS) is 12.7. The third kappa shape index (κ3) is 7.27. The van der Waals surface area contributed by atoms with E-state index in [2.05, 4.69) is 47.4 Å². The van der Waals surface area contributed by atoms with Gasteiger partial charge >= 0.3 is 0 Å². The minimum Gasteiger partial charge on any atom is -0.0988 e. The summed E-state index contributed by atoms with van der Waals surface area (Å²) in [4.78, 5) is 1.05. The molecule has 0 nitrogen and oxygen atoms in total. The number of thioether (sulfide) groups is 1. The fraction of sp³-hybridized carbons (Fsp3) is 0.444. The van der Waals surface area contributed by atoms with Crippen molar-refractivity contribution in [3.63, 3.8) is 0 Å². The van der Waals surface area contributed by atoms with Crippen molar-refractivity contribution in [2.45, 2.75) is 47.5 Å². The molecule has 0 amide bonds. The van der Waals surface area contributed by atoms with Gasteiger partial charge < -0.3 is 0 Å². The maximum atomic E-state index is 4.18. The topological polar surface area (TPSA) is 0 Å². The van der Waals surface area contributed by atoms with Crippen LogP contribution in [0.5, 0.6) is 0 Å². The molecule has 106 valence electrons. The average Bonchev–Trinajstić information content (AvgIpc) is 2.33. The molecule has 0 aromatic heterocycles. The lowest BCUT2D eigenvalue weighted by molar-refractivity contribution is 0.630. The fourth-order valence-electron chi connectivity index (χ4n) is 1.74. The quantitative estimate of drug-likeness (QED) is 0.447. The highest BCUT2D eigenvalue weighted by Gasteiger charge is 2.10. The summed E-state index contributed by atoms with van der Waals surface area (Å²) >= 11 is 1.65. The molecule has 0 spiro atoms. The number of allylic oxidation sites excluding steroid dienone is 5. The zero-order chi connectivity index (χ0) is 15.0. The first kappa shape index (κ1) is 18.0. The molecule has 0 aromatic carbocycles. The summed E-state index contributed by atoms with van der Waals surface area (Å²) in [7, 11) is 0. The molecule has 0 aliphatic carbocycles. The molecule has 0 radical (unpaired) electrons. The van der Waals surface area contributed by atoms with E-state index in [4.69, 9.17) is 0 Å². The Labute approximate surface area is 124 Å². The van der Waals surface area contributed by atoms with Gasteiger partial charge in [0.1, 0.15) is 0 Å². The minimum absolute atomic E-state index is 0.647. The van der Waals surface area contributed by atoms with Crippen LogP contribution >= 0.6 is 11.8 Å². The van der Waals surface area contributed by atoms with Crippen LogP contribution in [0.4, 0.5) is 0 Å². The first-order chi connectivity index (χ1) is 8.79. The van der Waals surface area contributed by atoms with E-state index in [-0.39, 0.29) is 0 Å². The summed E-state index contributed by atoms with van der Waals surface area (Å²) in [6.45, 7) is 23.1. The smallest absolute Gasteiger partial charge is 0.00732 e. The molecule has 0 atom stereocenters. The van der Waals surface area contributed by atoms with Gasteiger partial charge in [-0.1, -0.05) is 62.6 Å². The van der Waals surface area contributed by atoms with Crippen LogP contribution < -0.4 is 0 Å². The average molecular weight is 276 g/mol. The second-order valence-corrected chi connectivity index (χ2v) is 6.40. The van der Waals surface area contributed by atoms with Gasteiger partial charge in [-0.25, -0.2) is 0 Å². The number of hydrogen-bond donors (Lipinski definition) is 0. The summed E-state index contributed by atoms with van der Waals surface area (Å²) in [5.41, 5.74) is 5.02. The maximum absolute atomic E-state index is 4.18. The second kappa shape index (κ2) is 9.03. The molecule has 0 aromatic rings. The van der Waals surface area contributed by atoms with Crippen molar-refractivity contribution in [3.8, 4) is 0 Å². The highest BCUT2D eigenvalue weighted by molar-refractivity contribution is 8.06. The Kier molecular flexibility index (Phi) is 8.58. The Hall–Kier alpha value is -0.950. The third-order valence-electron chi connectivity index (χ3n) is 2.99. The van der Waals surface area contributed by atoms with Gasteiger partial charge in [-0.05, 0) is 56.1 Å². The Morgan fingerprint density at radius 2 is 1.74 bits per heavy atom. The Balaban J connectivity index is 4.94. The molecule has 0 aliphatic rings. The zero-order valence-corrected chi connectivity index (χ0v) is 14.0. The number of hydrogen-bond acceptors (Lipinski definition) is 1. The molecular formula is C18H28S. The molecule has 0 unspecified atom stereocenters. The monoisotopic (exact) mass is 276 g/mol. The van der Waals surface area contributed by atoms with E-state index in [0.717, 1.165) is 28.9 Å². The van der Waals surface area contributed by atoms with Crippen molar-refractivity contribution in [1.29, 1.82) is 0 Å². The van der Waals surface area contributed by atoms with Crippen LogP contribution in [0.2, 0.25) is 0 Å². The molecule has 0 heterocycles. The van der Waals surface area contributed by atoms with Gasteiger partial charge in [0, 0.05) is 4.91 Å². The number of rotatable bonds is 8. The lowest BCUT2D eigenvalue weighted by atomic mass is 9.91. The molecule has 0 saturated heterocycles. The largest absolute Gasteiger partial charge is 0.0988 e. The van der Waals surface area contributed by atoms with Crippen LogP contribution in [0, 0.1) is 5.92 Å². The van der Waals surface area contributed by atoms with E-state index >= 15 is 0 Å². The molecule has 19 heavy (non-hydrogen) atoms. The van der Waals surface area contributed by atoms with E-state index in [1.165, 1.54) is 11.1 Å². The van der Waals surface area contributed by atoms with Crippen molar-refractivity contribution < 1.29 is 0 Å². The van der Waals surface area contributed by atoms with E-state index in [0.29, 0.717) is 5.92 Å². The van der Waals surface area contributed by atoms with Gasteiger partial charge in [-0.15, -0.1) is 0 Å². The summed E-state index contributed by atoms with van der Waals surface area (Å²) in [5, 5.41) is 2.05.